The van der Waals surface area contributed by atoms with Crippen molar-refractivity contribution in [3.05, 3.63) is 27.7 Å². The van der Waals surface area contributed by atoms with Crippen molar-refractivity contribution in [2.75, 3.05) is 0 Å². The third kappa shape index (κ3) is 2.00. The zero-order chi connectivity index (χ0) is 10.0. The van der Waals surface area contributed by atoms with Crippen LogP contribution in [0.5, 0.6) is 0 Å². The lowest BCUT2D eigenvalue weighted by molar-refractivity contribution is 0.144. The highest BCUT2D eigenvalue weighted by Gasteiger charge is 2.18. The van der Waals surface area contributed by atoms with Gasteiger partial charge in [-0.3, -0.25) is 0 Å². The van der Waals surface area contributed by atoms with Crippen molar-refractivity contribution in [3.63, 3.8) is 0 Å². The first kappa shape index (κ1) is 10.5. The summed E-state index contributed by atoms with van der Waals surface area (Å²) in [6, 6.07) is 0. The van der Waals surface area contributed by atoms with Gasteiger partial charge < -0.3 is 5.11 Å². The summed E-state index contributed by atoms with van der Waals surface area (Å²) >= 11 is 2.83. The van der Waals surface area contributed by atoms with Crippen LogP contribution in [0.15, 0.2) is 10.8 Å². The van der Waals surface area contributed by atoms with Crippen LogP contribution in [0.3, 0.4) is 0 Å². The lowest BCUT2D eigenvalue weighted by Gasteiger charge is -2.06. The Morgan fingerprint density at radius 1 is 1.54 bits per heavy atom. The molecule has 0 fully saturated rings. The van der Waals surface area contributed by atoms with E-state index in [1.54, 1.807) is 0 Å². The summed E-state index contributed by atoms with van der Waals surface area (Å²) in [5, 5.41) is 8.65. The Balaban J connectivity index is 3.27. The Morgan fingerprint density at radius 2 is 2.15 bits per heavy atom. The molecular weight excluding hydrogens is 251 g/mol. The number of alkyl halides is 2. The van der Waals surface area contributed by atoms with E-state index >= 15 is 0 Å². The van der Waals surface area contributed by atoms with Gasteiger partial charge in [0, 0.05) is 11.8 Å². The third-order valence-electron chi connectivity index (χ3n) is 1.48. The zero-order valence-corrected chi connectivity index (χ0v) is 7.85. The Morgan fingerprint density at radius 3 is 2.62 bits per heavy atom. The summed E-state index contributed by atoms with van der Waals surface area (Å²) < 4.78 is 37.3. The highest BCUT2D eigenvalue weighted by Crippen LogP contribution is 2.26. The van der Waals surface area contributed by atoms with Crippen LogP contribution in [0.25, 0.3) is 0 Å². The summed E-state index contributed by atoms with van der Waals surface area (Å²) in [5.41, 5.74) is -1.05. The summed E-state index contributed by atoms with van der Waals surface area (Å²) in [7, 11) is 0. The van der Waals surface area contributed by atoms with E-state index in [2.05, 4.69) is 20.9 Å². The lowest BCUT2D eigenvalue weighted by atomic mass is 10.2. The smallest absolute Gasteiger partial charge is 0.268 e. The van der Waals surface area contributed by atoms with Crippen LogP contribution in [0.2, 0.25) is 0 Å². The highest BCUT2D eigenvalue weighted by molar-refractivity contribution is 9.10. The minimum absolute atomic E-state index is 0.0388. The fraction of sp³-hybridized carbons (Fsp3) is 0.286. The topological polar surface area (TPSA) is 33.1 Å². The molecule has 0 spiro atoms. The standard InChI is InChI=1S/C7H5BrF3NO/c8-6-4(2-13)5(9)3(1-12-6)7(10)11/h1,7,13H,2H2. The Labute approximate surface area is 80.5 Å². The van der Waals surface area contributed by atoms with Gasteiger partial charge in [0.25, 0.3) is 6.43 Å². The molecule has 0 atom stereocenters. The minimum Gasteiger partial charge on any atom is -0.391 e. The van der Waals surface area contributed by atoms with Gasteiger partial charge in [-0.2, -0.15) is 0 Å². The largest absolute Gasteiger partial charge is 0.391 e. The maximum absolute atomic E-state index is 13.1. The molecule has 0 radical (unpaired) electrons. The number of hydrogen-bond acceptors (Lipinski definition) is 2. The van der Waals surface area contributed by atoms with Gasteiger partial charge in [0.05, 0.1) is 12.2 Å². The van der Waals surface area contributed by atoms with Crippen LogP contribution in [0, 0.1) is 5.82 Å². The zero-order valence-electron chi connectivity index (χ0n) is 6.27. The van der Waals surface area contributed by atoms with E-state index in [1.165, 1.54) is 0 Å². The number of nitrogens with zero attached hydrogens (tertiary/aromatic N) is 1. The second-order valence-corrected chi connectivity index (χ2v) is 3.01. The Bertz CT molecular complexity index is 319. The molecule has 13 heavy (non-hydrogen) atoms. The molecule has 1 rings (SSSR count). The molecule has 1 aromatic heterocycles. The molecule has 1 aromatic rings. The normalized spacial score (nSPS) is 10.9. The second-order valence-electron chi connectivity index (χ2n) is 2.26. The van der Waals surface area contributed by atoms with Gasteiger partial charge >= 0.3 is 0 Å². The first-order valence-corrected chi connectivity index (χ1v) is 4.09. The molecule has 0 aromatic carbocycles. The minimum atomic E-state index is -2.93. The van der Waals surface area contributed by atoms with Crippen LogP contribution in [0.4, 0.5) is 13.2 Å². The van der Waals surface area contributed by atoms with Gasteiger partial charge in [-0.15, -0.1) is 0 Å². The summed E-state index contributed by atoms with van der Waals surface area (Å²) in [6.45, 7) is -0.667. The molecule has 0 aliphatic rings. The predicted octanol–water partition coefficient (Wildman–Crippen LogP) is 2.41. The van der Waals surface area contributed by atoms with Crippen LogP contribution < -0.4 is 0 Å². The van der Waals surface area contributed by atoms with E-state index in [9.17, 15) is 13.2 Å². The van der Waals surface area contributed by atoms with E-state index in [0.29, 0.717) is 0 Å². The van der Waals surface area contributed by atoms with E-state index in [1.807, 2.05) is 0 Å². The molecule has 1 heterocycles. The predicted molar refractivity (Wildman–Crippen MR) is 42.8 cm³/mol. The van der Waals surface area contributed by atoms with E-state index in [4.69, 9.17) is 5.11 Å². The van der Waals surface area contributed by atoms with Gasteiger partial charge in [0.1, 0.15) is 10.4 Å². The molecule has 2 nitrogen and oxygen atoms in total. The number of aromatic nitrogens is 1. The van der Waals surface area contributed by atoms with E-state index in [-0.39, 0.29) is 10.2 Å². The number of aliphatic hydroxyl groups excluding tert-OH is 1. The van der Waals surface area contributed by atoms with Crippen LogP contribution >= 0.6 is 15.9 Å². The highest BCUT2D eigenvalue weighted by atomic mass is 79.9. The van der Waals surface area contributed by atoms with E-state index < -0.39 is 24.4 Å². The molecule has 6 heteroatoms. The lowest BCUT2D eigenvalue weighted by Crippen LogP contribution is -2.00. The van der Waals surface area contributed by atoms with Crippen LogP contribution in [-0.4, -0.2) is 10.1 Å². The van der Waals surface area contributed by atoms with Gasteiger partial charge in [-0.1, -0.05) is 0 Å². The first-order chi connectivity index (χ1) is 6.07. The molecule has 0 saturated carbocycles. The van der Waals surface area contributed by atoms with Gasteiger partial charge in [-0.25, -0.2) is 18.2 Å². The van der Waals surface area contributed by atoms with Gasteiger partial charge in [0.15, 0.2) is 0 Å². The molecule has 1 N–H and O–H groups in total. The molecule has 0 bridgehead atoms. The maximum atomic E-state index is 13.1. The maximum Gasteiger partial charge on any atom is 0.268 e. The fourth-order valence-electron chi connectivity index (χ4n) is 0.812. The molecule has 72 valence electrons. The first-order valence-electron chi connectivity index (χ1n) is 3.29. The van der Waals surface area contributed by atoms with Crippen molar-refractivity contribution in [2.45, 2.75) is 13.0 Å². The molecule has 0 aliphatic carbocycles. The van der Waals surface area contributed by atoms with Crippen molar-refractivity contribution < 1.29 is 18.3 Å². The van der Waals surface area contributed by atoms with Crippen molar-refractivity contribution in [3.8, 4) is 0 Å². The number of halogens is 4. The van der Waals surface area contributed by atoms with Crippen molar-refractivity contribution in [2.24, 2.45) is 0 Å². The molecule has 0 amide bonds. The van der Waals surface area contributed by atoms with Crippen LogP contribution in [0.1, 0.15) is 17.6 Å². The monoisotopic (exact) mass is 255 g/mol. The Kier molecular flexibility index (Phi) is 3.27. The second kappa shape index (κ2) is 4.06. The quantitative estimate of drug-likeness (QED) is 0.824. The fourth-order valence-corrected chi connectivity index (χ4v) is 1.21. The third-order valence-corrected chi connectivity index (χ3v) is 2.16. The van der Waals surface area contributed by atoms with Crippen molar-refractivity contribution in [1.29, 1.82) is 0 Å². The average Bonchev–Trinajstić information content (AvgIpc) is 2.04. The van der Waals surface area contributed by atoms with Crippen LogP contribution in [-0.2, 0) is 6.61 Å². The molecule has 0 unspecified atom stereocenters. The SMILES string of the molecule is OCc1c(Br)ncc(C(F)F)c1F. The van der Waals surface area contributed by atoms with Crippen molar-refractivity contribution >= 4 is 15.9 Å². The summed E-state index contributed by atoms with van der Waals surface area (Å²) in [4.78, 5) is 3.47. The van der Waals surface area contributed by atoms with Gasteiger partial charge in [0.2, 0.25) is 0 Å². The average molecular weight is 256 g/mol. The number of hydrogen-bond donors (Lipinski definition) is 1. The van der Waals surface area contributed by atoms with Gasteiger partial charge in [-0.05, 0) is 15.9 Å². The van der Waals surface area contributed by atoms with Crippen molar-refractivity contribution in [1.82, 2.24) is 4.98 Å². The summed E-state index contributed by atoms with van der Waals surface area (Å²) in [6.07, 6.45) is -2.19. The Hall–Kier alpha value is -0.620. The summed E-state index contributed by atoms with van der Waals surface area (Å²) in [5.74, 6) is -1.11. The number of rotatable bonds is 2. The molecule has 0 aliphatic heterocycles. The molecule has 0 saturated heterocycles. The number of pyridine rings is 1. The van der Waals surface area contributed by atoms with E-state index in [0.717, 1.165) is 6.20 Å². The molecular formula is C7H5BrF3NO. The number of aliphatic hydroxyl groups is 1.